The normalized spacial score (nSPS) is 15.0. The standard InChI is InChI=1S/C60H32O20S4/c1-26-17-18-28(44-42(26)53(61)35-10-4-14-39(82(72,73)74)50(35)58(44)66)24-29-20-22-32(48-45(29)55(63)37-12-6-16-41(84(78,79)80)52(37)60(48)68)25-30-19-21-31(47-46(30)56(64)36-11-5-15-40(83(75,76)77)51(36)59(47)67)23-27-7-2-8-33-43(27)54(62)34-9-3-13-38(81(69,70)71)49(34)57(33)65/h2-23,25H,24H2,1H3,(H,69,70,71)(H,72,73,74)(H,75,76,77)(H,78,79,80)/b30-25-,31-23+. The lowest BCUT2D eigenvalue weighted by Gasteiger charge is -2.26. The van der Waals surface area contributed by atoms with Gasteiger partial charge in [0.05, 0.1) is 22.3 Å². The molecule has 4 aliphatic carbocycles. The van der Waals surface area contributed by atoms with Crippen LogP contribution in [0.4, 0.5) is 0 Å². The lowest BCUT2D eigenvalue weighted by molar-refractivity contribution is 0.0974. The van der Waals surface area contributed by atoms with Crippen LogP contribution >= 0.6 is 0 Å². The molecule has 0 aromatic heterocycles. The van der Waals surface area contributed by atoms with Crippen molar-refractivity contribution in [1.82, 2.24) is 0 Å². The highest BCUT2D eigenvalue weighted by Gasteiger charge is 2.42. The van der Waals surface area contributed by atoms with Gasteiger partial charge in [0, 0.05) is 66.8 Å². The van der Waals surface area contributed by atoms with Crippen LogP contribution in [0.25, 0.3) is 12.2 Å². The first-order valence-electron chi connectivity index (χ1n) is 24.6. The summed E-state index contributed by atoms with van der Waals surface area (Å²) < 4.78 is 142. The highest BCUT2D eigenvalue weighted by Crippen LogP contribution is 2.41. The average Bonchev–Trinajstić information content (AvgIpc) is 1.50. The molecular weight excluding hydrogens is 1170 g/mol. The van der Waals surface area contributed by atoms with Gasteiger partial charge in [-0.15, -0.1) is 0 Å². The molecule has 24 heteroatoms. The number of ketones is 8. The Hall–Kier alpha value is -9.50. The van der Waals surface area contributed by atoms with E-state index in [1.165, 1.54) is 85.8 Å². The molecule has 12 rings (SSSR count). The molecule has 4 aliphatic rings. The van der Waals surface area contributed by atoms with Crippen LogP contribution < -0.4 is 10.4 Å². The van der Waals surface area contributed by atoms with Gasteiger partial charge in [0.15, 0.2) is 46.3 Å². The van der Waals surface area contributed by atoms with Crippen molar-refractivity contribution in [1.29, 1.82) is 0 Å². The molecule has 0 aliphatic heterocycles. The van der Waals surface area contributed by atoms with E-state index in [1.807, 2.05) is 0 Å². The Morgan fingerprint density at radius 1 is 0.298 bits per heavy atom. The summed E-state index contributed by atoms with van der Waals surface area (Å²) in [7, 11) is -20.7. The summed E-state index contributed by atoms with van der Waals surface area (Å²) in [6.45, 7) is 1.51. The van der Waals surface area contributed by atoms with Gasteiger partial charge in [-0.2, -0.15) is 33.7 Å². The monoisotopic (exact) mass is 1200 g/mol. The van der Waals surface area contributed by atoms with Crippen molar-refractivity contribution in [2.45, 2.75) is 32.9 Å². The summed E-state index contributed by atoms with van der Waals surface area (Å²) in [5.41, 5.74) is -7.71. The molecule has 84 heavy (non-hydrogen) atoms. The summed E-state index contributed by atoms with van der Waals surface area (Å²) in [6.07, 6.45) is 1.90. The molecule has 0 fully saturated rings. The van der Waals surface area contributed by atoms with Gasteiger partial charge in [-0.05, 0) is 88.0 Å². The van der Waals surface area contributed by atoms with Crippen LogP contribution in [0.15, 0.2) is 147 Å². The number of rotatable bonds is 8. The predicted octanol–water partition coefficient (Wildman–Crippen LogP) is 5.33. The number of carbonyl (C=O) groups excluding carboxylic acids is 8. The molecule has 0 bridgehead atoms. The smallest absolute Gasteiger partial charge is 0.289 e. The molecule has 4 N–H and O–H groups in total. The molecule has 0 heterocycles. The van der Waals surface area contributed by atoms with E-state index in [9.17, 15) is 71.1 Å². The molecule has 0 atom stereocenters. The molecular formula is C60H32O20S4. The molecule has 416 valence electrons. The van der Waals surface area contributed by atoms with Gasteiger partial charge >= 0.3 is 0 Å². The van der Waals surface area contributed by atoms with Gasteiger partial charge in [0.25, 0.3) is 40.5 Å². The lowest BCUT2D eigenvalue weighted by Crippen LogP contribution is -2.35. The maximum atomic E-state index is 15.2. The van der Waals surface area contributed by atoms with Crippen LogP contribution in [0.2, 0.25) is 0 Å². The predicted molar refractivity (Wildman–Crippen MR) is 292 cm³/mol. The highest BCUT2D eigenvalue weighted by atomic mass is 32.2. The van der Waals surface area contributed by atoms with Crippen LogP contribution in [0.1, 0.15) is 155 Å². The second-order valence-corrected chi connectivity index (χ2v) is 25.4. The minimum absolute atomic E-state index is 0.0205. The van der Waals surface area contributed by atoms with E-state index in [1.54, 1.807) is 0 Å². The Morgan fingerprint density at radius 3 is 1.04 bits per heavy atom. The molecule has 0 unspecified atom stereocenters. The summed E-state index contributed by atoms with van der Waals surface area (Å²) in [5, 5.41) is -0.427. The lowest BCUT2D eigenvalue weighted by atomic mass is 9.76. The van der Waals surface area contributed by atoms with E-state index < -0.39 is 174 Å². The fraction of sp³-hybridized carbons (Fsp3) is 0.0333. The summed E-state index contributed by atoms with van der Waals surface area (Å²) in [4.78, 5) is 114. The first-order valence-corrected chi connectivity index (χ1v) is 30.3. The van der Waals surface area contributed by atoms with E-state index >= 15 is 19.2 Å². The van der Waals surface area contributed by atoms with Gasteiger partial charge in [-0.25, -0.2) is 0 Å². The Kier molecular flexibility index (Phi) is 12.3. The largest absolute Gasteiger partial charge is 0.295 e. The van der Waals surface area contributed by atoms with E-state index in [0.29, 0.717) is 0 Å². The minimum Gasteiger partial charge on any atom is -0.289 e. The molecule has 20 nitrogen and oxygen atoms in total. The molecule has 0 spiro atoms. The van der Waals surface area contributed by atoms with E-state index in [-0.39, 0.29) is 66.1 Å². The minimum atomic E-state index is -5.26. The number of benzene rings is 8. The molecule has 0 saturated heterocycles. The number of hydrogen-bond acceptors (Lipinski definition) is 16. The quantitative estimate of drug-likeness (QED) is 0.140. The Morgan fingerprint density at radius 2 is 0.595 bits per heavy atom. The van der Waals surface area contributed by atoms with Crippen LogP contribution in [0.5, 0.6) is 0 Å². The summed E-state index contributed by atoms with van der Waals surface area (Å²) >= 11 is 0. The van der Waals surface area contributed by atoms with Crippen molar-refractivity contribution in [3.05, 3.63) is 255 Å². The zero-order valence-corrected chi connectivity index (χ0v) is 45.7. The second kappa shape index (κ2) is 18.8. The van der Waals surface area contributed by atoms with Crippen LogP contribution in [0.3, 0.4) is 0 Å². The maximum absolute atomic E-state index is 15.2. The van der Waals surface area contributed by atoms with Crippen LogP contribution in [-0.2, 0) is 46.9 Å². The average molecular weight is 1200 g/mol. The Bertz CT molecular complexity index is 5270. The van der Waals surface area contributed by atoms with Gasteiger partial charge in [0.1, 0.15) is 19.6 Å². The third-order valence-electron chi connectivity index (χ3n) is 15.1. The van der Waals surface area contributed by atoms with Gasteiger partial charge < -0.3 is 0 Å². The number of fused-ring (bicyclic) bond motifs is 8. The third kappa shape index (κ3) is 8.29. The fourth-order valence-electron chi connectivity index (χ4n) is 11.6. The van der Waals surface area contributed by atoms with Gasteiger partial charge in [-0.3, -0.25) is 56.6 Å². The summed E-state index contributed by atoms with van der Waals surface area (Å²) in [5.74, 6) is -8.05. The first kappa shape index (κ1) is 55.1. The number of aryl methyl sites for hydroxylation is 1. The molecule has 0 saturated carbocycles. The highest BCUT2D eigenvalue weighted by molar-refractivity contribution is 7.86. The topological polar surface area (TPSA) is 354 Å². The van der Waals surface area contributed by atoms with E-state index in [2.05, 4.69) is 0 Å². The number of hydrogen-bond donors (Lipinski definition) is 4. The number of carbonyl (C=O) groups is 8. The summed E-state index contributed by atoms with van der Waals surface area (Å²) in [6, 6.07) is 24.5. The maximum Gasteiger partial charge on any atom is 0.295 e. The molecule has 0 amide bonds. The first-order chi connectivity index (χ1) is 39.5. The van der Waals surface area contributed by atoms with Crippen molar-refractivity contribution in [3.63, 3.8) is 0 Å². The zero-order valence-electron chi connectivity index (χ0n) is 42.4. The van der Waals surface area contributed by atoms with E-state index in [4.69, 9.17) is 0 Å². The fourth-order valence-corrected chi connectivity index (χ4v) is 14.5. The van der Waals surface area contributed by atoms with Crippen molar-refractivity contribution in [3.8, 4) is 0 Å². The van der Waals surface area contributed by atoms with Crippen molar-refractivity contribution < 1.29 is 90.2 Å². The SMILES string of the molecule is Cc1ccc(Cc2ccc(/C=c3/cc/c(=C\c4cccc5c4C(=O)c4cccc(S(=O)(=O)O)c4C5=O)c4c3C(=O)c3cccc(S(=O)(=O)O)c3C4=O)c3c2C(=O)c2cccc(S(=O)(=O)O)c2C3=O)c2c1C(=O)c1cccc(S(=O)(=O)O)c1C2=O. The van der Waals surface area contributed by atoms with E-state index in [0.717, 1.165) is 60.7 Å². The Labute approximate surface area is 474 Å². The van der Waals surface area contributed by atoms with Crippen molar-refractivity contribution in [2.75, 3.05) is 0 Å². The van der Waals surface area contributed by atoms with Crippen molar-refractivity contribution >= 4 is 98.9 Å². The second-order valence-electron chi connectivity index (χ2n) is 19.8. The van der Waals surface area contributed by atoms with Crippen LogP contribution in [-0.4, -0.2) is 98.1 Å². The zero-order chi connectivity index (χ0) is 60.2. The third-order valence-corrected chi connectivity index (χ3v) is 18.7. The molecule has 8 aromatic rings. The molecule has 8 aromatic carbocycles. The Balaban J connectivity index is 1.11. The van der Waals surface area contributed by atoms with Gasteiger partial charge in [0.2, 0.25) is 0 Å². The van der Waals surface area contributed by atoms with Gasteiger partial charge in [-0.1, -0.05) is 103 Å². The molecule has 0 radical (unpaired) electrons. The van der Waals surface area contributed by atoms with Crippen molar-refractivity contribution in [2.24, 2.45) is 0 Å². The van der Waals surface area contributed by atoms with Crippen LogP contribution in [0, 0.1) is 6.92 Å².